The number of amides is 1. The molecule has 0 unspecified atom stereocenters. The van der Waals surface area contributed by atoms with Crippen molar-refractivity contribution in [2.24, 2.45) is 5.73 Å². The molecule has 110 valence electrons. The van der Waals surface area contributed by atoms with Gasteiger partial charge in [0, 0.05) is 34.6 Å². The fourth-order valence-corrected chi connectivity index (χ4v) is 2.53. The molecule has 1 aliphatic rings. The number of nitrogens with one attached hydrogen (secondary N) is 1. The van der Waals surface area contributed by atoms with Gasteiger partial charge in [-0.2, -0.15) is 0 Å². The summed E-state index contributed by atoms with van der Waals surface area (Å²) < 4.78 is 0. The highest BCUT2D eigenvalue weighted by atomic mass is 35.5. The van der Waals surface area contributed by atoms with Gasteiger partial charge in [0.2, 0.25) is 0 Å². The van der Waals surface area contributed by atoms with Crippen LogP contribution in [0.2, 0.25) is 5.02 Å². The maximum atomic E-state index is 12.5. The van der Waals surface area contributed by atoms with Crippen molar-refractivity contribution in [2.75, 3.05) is 6.54 Å². The van der Waals surface area contributed by atoms with Gasteiger partial charge in [-0.1, -0.05) is 11.6 Å². The van der Waals surface area contributed by atoms with E-state index in [0.29, 0.717) is 23.0 Å². The van der Waals surface area contributed by atoms with Gasteiger partial charge < -0.3 is 11.1 Å². The molecule has 1 atom stereocenters. The maximum absolute atomic E-state index is 12.5. The average molecular weight is 304 g/mol. The molecular formula is C16H18ClN3O. The Kier molecular flexibility index (Phi) is 3.83. The number of hydrogen-bond donors (Lipinski definition) is 2. The number of aromatic nitrogens is 1. The summed E-state index contributed by atoms with van der Waals surface area (Å²) >= 11 is 6.06. The molecule has 4 nitrogen and oxygen atoms in total. The number of fused-ring (bicyclic) bond motifs is 1. The fraction of sp³-hybridized carbons (Fsp3) is 0.375. The first-order valence-corrected chi connectivity index (χ1v) is 7.57. The molecule has 21 heavy (non-hydrogen) atoms. The van der Waals surface area contributed by atoms with Gasteiger partial charge in [-0.05, 0) is 44.0 Å². The Bertz CT molecular complexity index is 697. The van der Waals surface area contributed by atoms with Gasteiger partial charge in [-0.25, -0.2) is 0 Å². The second-order valence-corrected chi connectivity index (χ2v) is 6.08. The van der Waals surface area contributed by atoms with E-state index < -0.39 is 0 Å². The van der Waals surface area contributed by atoms with Crippen molar-refractivity contribution < 1.29 is 4.79 Å². The van der Waals surface area contributed by atoms with Crippen molar-refractivity contribution in [2.45, 2.75) is 31.7 Å². The van der Waals surface area contributed by atoms with Crippen molar-refractivity contribution in [3.63, 3.8) is 0 Å². The van der Waals surface area contributed by atoms with E-state index in [1.54, 1.807) is 12.1 Å². The standard InChI is InChI=1S/C16H18ClN3O/c1-9(8-18)19-16(21)13-7-15(10-2-3-10)20-14-5-4-11(17)6-12(13)14/h4-7,9-10H,2-3,8,18H2,1H3,(H,19,21)/t9-/m0/s1. The fourth-order valence-electron chi connectivity index (χ4n) is 2.36. The number of pyridine rings is 1. The Morgan fingerprint density at radius 3 is 2.90 bits per heavy atom. The number of halogens is 1. The summed E-state index contributed by atoms with van der Waals surface area (Å²) in [5.41, 5.74) is 8.01. The number of nitrogens with two attached hydrogens (primary N) is 1. The minimum Gasteiger partial charge on any atom is -0.348 e. The molecule has 0 aliphatic heterocycles. The van der Waals surface area contributed by atoms with Crippen molar-refractivity contribution in [3.8, 4) is 0 Å². The summed E-state index contributed by atoms with van der Waals surface area (Å²) in [7, 11) is 0. The van der Waals surface area contributed by atoms with Crippen molar-refractivity contribution >= 4 is 28.4 Å². The van der Waals surface area contributed by atoms with Gasteiger partial charge >= 0.3 is 0 Å². The average Bonchev–Trinajstić information content (AvgIpc) is 3.30. The monoisotopic (exact) mass is 303 g/mol. The number of carbonyl (C=O) groups excluding carboxylic acids is 1. The lowest BCUT2D eigenvalue weighted by Crippen LogP contribution is -2.37. The quantitative estimate of drug-likeness (QED) is 0.912. The van der Waals surface area contributed by atoms with Crippen LogP contribution in [0.5, 0.6) is 0 Å². The zero-order valence-electron chi connectivity index (χ0n) is 11.9. The lowest BCUT2D eigenvalue weighted by molar-refractivity contribution is 0.0943. The van der Waals surface area contributed by atoms with E-state index in [1.807, 2.05) is 19.1 Å². The first kappa shape index (κ1) is 14.3. The first-order chi connectivity index (χ1) is 10.1. The van der Waals surface area contributed by atoms with Crippen LogP contribution in [-0.2, 0) is 0 Å². The van der Waals surface area contributed by atoms with Crippen LogP contribution in [0.3, 0.4) is 0 Å². The predicted octanol–water partition coefficient (Wildman–Crippen LogP) is 2.84. The summed E-state index contributed by atoms with van der Waals surface area (Å²) in [6.45, 7) is 2.29. The SMILES string of the molecule is C[C@@H](CN)NC(=O)c1cc(C2CC2)nc2ccc(Cl)cc12. The zero-order chi connectivity index (χ0) is 15.0. The molecule has 0 saturated heterocycles. The minimum absolute atomic E-state index is 0.0655. The summed E-state index contributed by atoms with van der Waals surface area (Å²) in [6, 6.07) is 7.30. The Labute approximate surface area is 128 Å². The summed E-state index contributed by atoms with van der Waals surface area (Å²) in [4.78, 5) is 17.2. The summed E-state index contributed by atoms with van der Waals surface area (Å²) in [5, 5.41) is 4.30. The molecule has 0 spiro atoms. The van der Waals surface area contributed by atoms with Crippen LogP contribution in [-0.4, -0.2) is 23.5 Å². The second-order valence-electron chi connectivity index (χ2n) is 5.64. The number of nitrogens with zero attached hydrogens (tertiary/aromatic N) is 1. The maximum Gasteiger partial charge on any atom is 0.252 e. The van der Waals surface area contributed by atoms with Gasteiger partial charge in [0.15, 0.2) is 0 Å². The normalized spacial score (nSPS) is 16.0. The predicted molar refractivity (Wildman–Crippen MR) is 84.7 cm³/mol. The van der Waals surface area contributed by atoms with E-state index in [2.05, 4.69) is 10.3 Å². The molecule has 3 rings (SSSR count). The minimum atomic E-state index is -0.121. The molecule has 5 heteroatoms. The number of hydrogen-bond acceptors (Lipinski definition) is 3. The van der Waals surface area contributed by atoms with E-state index in [9.17, 15) is 4.79 Å². The van der Waals surface area contributed by atoms with E-state index in [0.717, 1.165) is 29.4 Å². The topological polar surface area (TPSA) is 68.0 Å². The van der Waals surface area contributed by atoms with Crippen molar-refractivity contribution in [3.05, 3.63) is 40.5 Å². The van der Waals surface area contributed by atoms with Crippen LogP contribution in [0.4, 0.5) is 0 Å². The molecule has 1 heterocycles. The third kappa shape index (κ3) is 3.01. The Morgan fingerprint density at radius 1 is 1.48 bits per heavy atom. The molecular weight excluding hydrogens is 286 g/mol. The highest BCUT2D eigenvalue weighted by Gasteiger charge is 2.27. The molecule has 1 saturated carbocycles. The highest BCUT2D eigenvalue weighted by molar-refractivity contribution is 6.31. The van der Waals surface area contributed by atoms with Gasteiger partial charge in [0.05, 0.1) is 11.1 Å². The molecule has 0 radical (unpaired) electrons. The van der Waals surface area contributed by atoms with Gasteiger partial charge in [0.25, 0.3) is 5.91 Å². The lowest BCUT2D eigenvalue weighted by Gasteiger charge is -2.14. The zero-order valence-corrected chi connectivity index (χ0v) is 12.7. The van der Waals surface area contributed by atoms with Gasteiger partial charge in [-0.3, -0.25) is 9.78 Å². The Hall–Kier alpha value is -1.65. The second kappa shape index (κ2) is 5.62. The third-order valence-electron chi connectivity index (χ3n) is 3.76. The molecule has 1 aromatic carbocycles. The summed E-state index contributed by atoms with van der Waals surface area (Å²) in [5.74, 6) is 0.369. The lowest BCUT2D eigenvalue weighted by atomic mass is 10.0. The molecule has 1 amide bonds. The number of rotatable bonds is 4. The smallest absolute Gasteiger partial charge is 0.252 e. The van der Waals surface area contributed by atoms with Crippen LogP contribution in [0.1, 0.15) is 41.7 Å². The van der Waals surface area contributed by atoms with Crippen LogP contribution in [0, 0.1) is 0 Å². The third-order valence-corrected chi connectivity index (χ3v) is 4.00. The highest BCUT2D eigenvalue weighted by Crippen LogP contribution is 2.40. The van der Waals surface area contributed by atoms with E-state index in [4.69, 9.17) is 17.3 Å². The van der Waals surface area contributed by atoms with Gasteiger partial charge in [-0.15, -0.1) is 0 Å². The molecule has 1 aliphatic carbocycles. The molecule has 0 bridgehead atoms. The van der Waals surface area contributed by atoms with Crippen LogP contribution >= 0.6 is 11.6 Å². The van der Waals surface area contributed by atoms with E-state index in [1.165, 1.54) is 0 Å². The van der Waals surface area contributed by atoms with Crippen LogP contribution in [0.15, 0.2) is 24.3 Å². The number of carbonyl (C=O) groups is 1. The van der Waals surface area contributed by atoms with E-state index in [-0.39, 0.29) is 11.9 Å². The van der Waals surface area contributed by atoms with Gasteiger partial charge in [0.1, 0.15) is 0 Å². The molecule has 2 aromatic rings. The number of benzene rings is 1. The van der Waals surface area contributed by atoms with E-state index >= 15 is 0 Å². The molecule has 1 fully saturated rings. The van der Waals surface area contributed by atoms with Crippen molar-refractivity contribution in [1.82, 2.24) is 10.3 Å². The van der Waals surface area contributed by atoms with Crippen LogP contribution < -0.4 is 11.1 Å². The van der Waals surface area contributed by atoms with Crippen molar-refractivity contribution in [1.29, 1.82) is 0 Å². The van der Waals surface area contributed by atoms with Crippen LogP contribution in [0.25, 0.3) is 10.9 Å². The molecule has 3 N–H and O–H groups in total. The Balaban J connectivity index is 2.08. The summed E-state index contributed by atoms with van der Waals surface area (Å²) in [6.07, 6.45) is 2.29. The first-order valence-electron chi connectivity index (χ1n) is 7.19. The molecule has 1 aromatic heterocycles. The largest absolute Gasteiger partial charge is 0.348 e. The Morgan fingerprint density at radius 2 is 2.24 bits per heavy atom.